The number of hydrogen-bond donors (Lipinski definition) is 2. The van der Waals surface area contributed by atoms with Gasteiger partial charge in [0.1, 0.15) is 22.7 Å². The van der Waals surface area contributed by atoms with Crippen LogP contribution >= 0.6 is 0 Å². The molecule has 0 aromatic carbocycles. The van der Waals surface area contributed by atoms with E-state index in [1.165, 1.54) is 18.8 Å². The molecule has 0 bridgehead atoms. The first-order chi connectivity index (χ1) is 14.3. The van der Waals surface area contributed by atoms with Crippen LogP contribution in [0.25, 0.3) is 5.65 Å². The maximum atomic E-state index is 13.0. The van der Waals surface area contributed by atoms with Crippen molar-refractivity contribution in [3.63, 3.8) is 0 Å². The Morgan fingerprint density at radius 3 is 2.73 bits per heavy atom. The van der Waals surface area contributed by atoms with E-state index in [1.807, 2.05) is 0 Å². The Morgan fingerprint density at radius 2 is 2.00 bits per heavy atom. The van der Waals surface area contributed by atoms with Gasteiger partial charge in [0, 0.05) is 18.5 Å². The fraction of sp³-hybridized carbons (Fsp3) is 0.368. The van der Waals surface area contributed by atoms with E-state index in [0.29, 0.717) is 11.4 Å². The van der Waals surface area contributed by atoms with Crippen molar-refractivity contribution >= 4 is 23.1 Å². The van der Waals surface area contributed by atoms with Crippen LogP contribution in [-0.4, -0.2) is 31.6 Å². The lowest BCUT2D eigenvalue weighted by atomic mass is 9.98. The maximum absolute atomic E-state index is 13.0. The van der Waals surface area contributed by atoms with E-state index < -0.39 is 17.8 Å². The van der Waals surface area contributed by atoms with E-state index in [1.54, 1.807) is 6.07 Å². The van der Waals surface area contributed by atoms with Crippen LogP contribution in [0.4, 0.5) is 24.7 Å². The Morgan fingerprint density at radius 1 is 1.23 bits per heavy atom. The van der Waals surface area contributed by atoms with Crippen LogP contribution in [0.2, 0.25) is 0 Å². The number of carbonyl (C=O) groups excluding carboxylic acids is 1. The zero-order chi connectivity index (χ0) is 21.3. The molecule has 3 aromatic heterocycles. The van der Waals surface area contributed by atoms with Gasteiger partial charge in [0.05, 0.1) is 12.3 Å². The van der Waals surface area contributed by atoms with Gasteiger partial charge in [-0.2, -0.15) is 13.2 Å². The van der Waals surface area contributed by atoms with Crippen molar-refractivity contribution in [1.29, 1.82) is 0 Å². The third-order valence-corrected chi connectivity index (χ3v) is 4.90. The smallest absolute Gasteiger partial charge is 0.433 e. The molecule has 1 saturated carbocycles. The van der Waals surface area contributed by atoms with Crippen LogP contribution in [0.1, 0.15) is 48.2 Å². The molecule has 1 amide bonds. The number of amides is 1. The number of rotatable bonds is 4. The Balaban J connectivity index is 1.63. The maximum Gasteiger partial charge on any atom is 0.433 e. The zero-order valence-electron chi connectivity index (χ0n) is 15.8. The molecule has 0 unspecified atom stereocenters. The van der Waals surface area contributed by atoms with Crippen LogP contribution in [-0.2, 0) is 6.18 Å². The lowest BCUT2D eigenvalue weighted by molar-refractivity contribution is -0.141. The number of nitrogens with two attached hydrogens (primary N) is 1. The number of carbonyl (C=O) groups is 1. The first-order valence-electron chi connectivity index (χ1n) is 9.47. The first-order valence-corrected chi connectivity index (χ1v) is 9.47. The van der Waals surface area contributed by atoms with Crippen molar-refractivity contribution in [3.05, 3.63) is 42.0 Å². The molecule has 0 aliphatic heterocycles. The van der Waals surface area contributed by atoms with E-state index in [9.17, 15) is 18.0 Å². The Bertz CT molecular complexity index is 1080. The molecule has 4 rings (SSSR count). The molecular weight excluding hydrogens is 401 g/mol. The van der Waals surface area contributed by atoms with Gasteiger partial charge in [-0.25, -0.2) is 9.50 Å². The zero-order valence-corrected chi connectivity index (χ0v) is 15.8. The van der Waals surface area contributed by atoms with Crippen molar-refractivity contribution in [2.45, 2.75) is 44.4 Å². The predicted molar refractivity (Wildman–Crippen MR) is 102 cm³/mol. The summed E-state index contributed by atoms with van der Waals surface area (Å²) in [6.45, 7) is 0. The summed E-state index contributed by atoms with van der Waals surface area (Å²) in [5.41, 5.74) is 4.39. The number of halogens is 3. The SMILES string of the molecule is Nc1nn2ccc(C(F)(F)F)nc2c1C(=O)Nc1cnccc1OC1CCCCC1. The molecular formula is C19H19F3N6O2. The van der Waals surface area contributed by atoms with E-state index in [4.69, 9.17) is 10.5 Å². The molecule has 0 spiro atoms. The number of pyridine rings is 1. The number of hydrogen-bond acceptors (Lipinski definition) is 6. The van der Waals surface area contributed by atoms with Gasteiger partial charge >= 0.3 is 6.18 Å². The van der Waals surface area contributed by atoms with Crippen molar-refractivity contribution in [3.8, 4) is 5.75 Å². The van der Waals surface area contributed by atoms with Gasteiger partial charge in [0.15, 0.2) is 11.5 Å². The van der Waals surface area contributed by atoms with Crippen LogP contribution in [0.3, 0.4) is 0 Å². The minimum Gasteiger partial charge on any atom is -0.488 e. The van der Waals surface area contributed by atoms with Crippen LogP contribution in [0.15, 0.2) is 30.7 Å². The molecule has 30 heavy (non-hydrogen) atoms. The molecule has 1 aliphatic carbocycles. The third kappa shape index (κ3) is 4.00. The summed E-state index contributed by atoms with van der Waals surface area (Å²) < 4.78 is 46.1. The molecule has 158 valence electrons. The highest BCUT2D eigenvalue weighted by molar-refractivity contribution is 6.12. The third-order valence-electron chi connectivity index (χ3n) is 4.90. The molecule has 1 aliphatic rings. The second-order valence-electron chi connectivity index (χ2n) is 7.04. The predicted octanol–water partition coefficient (Wildman–Crippen LogP) is 3.69. The Kier molecular flexibility index (Phi) is 5.18. The first kappa shape index (κ1) is 19.9. The monoisotopic (exact) mass is 420 g/mol. The summed E-state index contributed by atoms with van der Waals surface area (Å²) in [5, 5.41) is 6.48. The molecule has 0 atom stereocenters. The topological polar surface area (TPSA) is 107 Å². The number of anilines is 2. The van der Waals surface area contributed by atoms with E-state index >= 15 is 0 Å². The average Bonchev–Trinajstić information content (AvgIpc) is 3.04. The van der Waals surface area contributed by atoms with Gasteiger partial charge in [-0.15, -0.1) is 5.10 Å². The van der Waals surface area contributed by atoms with Gasteiger partial charge in [0.25, 0.3) is 5.91 Å². The Labute approximate surface area is 169 Å². The molecule has 0 saturated heterocycles. The lowest BCUT2D eigenvalue weighted by Gasteiger charge is -2.24. The standard InChI is InChI=1S/C19H19F3N6O2/c20-19(21,22)14-7-9-28-17(26-14)15(16(23)27-28)18(29)25-12-10-24-8-6-13(12)30-11-4-2-1-3-5-11/h6-11H,1-5H2,(H2,23,27)(H,25,29). The summed E-state index contributed by atoms with van der Waals surface area (Å²) in [6.07, 6.45) is 4.52. The highest BCUT2D eigenvalue weighted by Gasteiger charge is 2.34. The van der Waals surface area contributed by atoms with Gasteiger partial charge in [-0.1, -0.05) is 6.42 Å². The van der Waals surface area contributed by atoms with E-state index in [0.717, 1.165) is 42.5 Å². The quantitative estimate of drug-likeness (QED) is 0.667. The number of nitrogen functional groups attached to an aromatic ring is 1. The molecule has 3 N–H and O–H groups in total. The number of alkyl halides is 3. The minimum atomic E-state index is -4.67. The van der Waals surface area contributed by atoms with Crippen molar-refractivity contribution in [1.82, 2.24) is 19.6 Å². The summed E-state index contributed by atoms with van der Waals surface area (Å²) in [4.78, 5) is 20.4. The largest absolute Gasteiger partial charge is 0.488 e. The molecule has 3 aromatic rings. The van der Waals surface area contributed by atoms with Crippen LogP contribution < -0.4 is 15.8 Å². The highest BCUT2D eigenvalue weighted by Crippen LogP contribution is 2.31. The van der Waals surface area contributed by atoms with Crippen LogP contribution in [0.5, 0.6) is 5.75 Å². The van der Waals surface area contributed by atoms with Gasteiger partial charge in [0.2, 0.25) is 0 Å². The second kappa shape index (κ2) is 7.81. The van der Waals surface area contributed by atoms with E-state index in [2.05, 4.69) is 20.4 Å². The highest BCUT2D eigenvalue weighted by atomic mass is 19.4. The summed E-state index contributed by atoms with van der Waals surface area (Å²) in [6, 6.07) is 2.39. The average molecular weight is 420 g/mol. The van der Waals surface area contributed by atoms with Gasteiger partial charge in [-0.05, 0) is 31.7 Å². The fourth-order valence-electron chi connectivity index (χ4n) is 3.45. The number of ether oxygens (including phenoxy) is 1. The molecule has 0 radical (unpaired) electrons. The second-order valence-corrected chi connectivity index (χ2v) is 7.04. The van der Waals surface area contributed by atoms with Gasteiger partial charge in [-0.3, -0.25) is 9.78 Å². The summed E-state index contributed by atoms with van der Waals surface area (Å²) in [5.74, 6) is -0.557. The lowest BCUT2D eigenvalue weighted by Crippen LogP contribution is -2.21. The fourth-order valence-corrected chi connectivity index (χ4v) is 3.45. The molecule has 3 heterocycles. The summed E-state index contributed by atoms with van der Waals surface area (Å²) >= 11 is 0. The van der Waals surface area contributed by atoms with Crippen molar-refractivity contribution in [2.75, 3.05) is 11.1 Å². The number of nitrogens with zero attached hydrogens (tertiary/aromatic N) is 4. The number of nitrogens with one attached hydrogen (secondary N) is 1. The van der Waals surface area contributed by atoms with Crippen molar-refractivity contribution in [2.24, 2.45) is 0 Å². The van der Waals surface area contributed by atoms with Gasteiger partial charge < -0.3 is 15.8 Å². The van der Waals surface area contributed by atoms with Crippen molar-refractivity contribution < 1.29 is 22.7 Å². The number of aromatic nitrogens is 4. The molecule has 11 heteroatoms. The minimum absolute atomic E-state index is 0.0369. The Hall–Kier alpha value is -3.37. The molecule has 8 nitrogen and oxygen atoms in total. The number of fused-ring (bicyclic) bond motifs is 1. The van der Waals surface area contributed by atoms with E-state index in [-0.39, 0.29) is 23.1 Å². The molecule has 1 fully saturated rings. The normalized spacial score (nSPS) is 15.3. The summed E-state index contributed by atoms with van der Waals surface area (Å²) in [7, 11) is 0. The van der Waals surface area contributed by atoms with Crippen LogP contribution in [0, 0.1) is 0 Å².